The van der Waals surface area contributed by atoms with Gasteiger partial charge in [-0.05, 0) is 54.7 Å². The molecule has 3 amide bonds. The Balaban J connectivity index is 1.69. The molecule has 3 aromatic rings. The second-order valence-electron chi connectivity index (χ2n) is 9.35. The Morgan fingerprint density at radius 1 is 0.933 bits per heavy atom. The van der Waals surface area contributed by atoms with E-state index >= 15 is 0 Å². The summed E-state index contributed by atoms with van der Waals surface area (Å²) in [6.07, 6.45) is 1.75. The van der Waals surface area contributed by atoms with Crippen LogP contribution in [0.1, 0.15) is 45.7 Å². The Hall–Kier alpha value is -3.21. The van der Waals surface area contributed by atoms with Crippen molar-refractivity contribution < 1.29 is 9.59 Å². The van der Waals surface area contributed by atoms with Crippen LogP contribution in [0.3, 0.4) is 0 Å². The topological polar surface area (TPSA) is 53.5 Å². The summed E-state index contributed by atoms with van der Waals surface area (Å²) in [5.41, 5.74) is 2.67. The van der Waals surface area contributed by atoms with Crippen LogP contribution in [-0.2, 0) is 16.8 Å². The first-order valence-corrected chi connectivity index (χ1v) is 10.2. The van der Waals surface area contributed by atoms with Gasteiger partial charge in [0.05, 0.1) is 11.2 Å². The minimum Gasteiger partial charge on any atom is -0.305 e. The number of imide groups is 1. The Morgan fingerprint density at radius 3 is 2.27 bits per heavy atom. The van der Waals surface area contributed by atoms with Crippen molar-refractivity contribution in [2.45, 2.75) is 52.1 Å². The van der Waals surface area contributed by atoms with Gasteiger partial charge < -0.3 is 4.90 Å². The van der Waals surface area contributed by atoms with Gasteiger partial charge in [0.15, 0.2) is 0 Å². The van der Waals surface area contributed by atoms with Crippen LogP contribution in [0.15, 0.2) is 60.8 Å². The molecule has 0 atom stereocenters. The number of para-hydroxylation sites is 1. The minimum absolute atomic E-state index is 0.00522. The summed E-state index contributed by atoms with van der Waals surface area (Å²) in [6, 6.07) is 17.2. The van der Waals surface area contributed by atoms with E-state index in [2.05, 4.69) is 25.8 Å². The summed E-state index contributed by atoms with van der Waals surface area (Å²) in [7, 11) is 0. The predicted octanol–water partition coefficient (Wildman–Crippen LogP) is 5.28. The van der Waals surface area contributed by atoms with Gasteiger partial charge in [-0.1, -0.05) is 51.1 Å². The van der Waals surface area contributed by atoms with Crippen LogP contribution in [0.5, 0.6) is 0 Å². The zero-order valence-corrected chi connectivity index (χ0v) is 18.1. The standard InChI is InChI=1S/C25H27N3O2/c1-24(2,3)18-10-12-19(13-11-18)28-22(29)25(4,5)27(23(28)30)16-17-14-15-26-21-9-7-6-8-20(17)21/h6-15H,16H2,1-5H3. The van der Waals surface area contributed by atoms with E-state index in [1.165, 1.54) is 4.90 Å². The number of anilines is 1. The summed E-state index contributed by atoms with van der Waals surface area (Å²) >= 11 is 0. The summed E-state index contributed by atoms with van der Waals surface area (Å²) < 4.78 is 0. The van der Waals surface area contributed by atoms with Crippen LogP contribution < -0.4 is 4.90 Å². The van der Waals surface area contributed by atoms with E-state index < -0.39 is 5.54 Å². The van der Waals surface area contributed by atoms with Gasteiger partial charge in [0.2, 0.25) is 0 Å². The second kappa shape index (κ2) is 6.94. The highest BCUT2D eigenvalue weighted by Crippen LogP contribution is 2.35. The molecule has 1 aromatic heterocycles. The molecule has 2 aromatic carbocycles. The van der Waals surface area contributed by atoms with Crippen LogP contribution in [0.25, 0.3) is 10.9 Å². The molecule has 0 unspecified atom stereocenters. The average Bonchev–Trinajstić information content (AvgIpc) is 2.87. The second-order valence-corrected chi connectivity index (χ2v) is 9.35. The minimum atomic E-state index is -0.940. The first-order valence-electron chi connectivity index (χ1n) is 10.2. The first kappa shape index (κ1) is 20.1. The van der Waals surface area contributed by atoms with Crippen LogP contribution in [0.4, 0.5) is 10.5 Å². The van der Waals surface area contributed by atoms with E-state index in [1.807, 2.05) is 54.6 Å². The summed E-state index contributed by atoms with van der Waals surface area (Å²) in [4.78, 5) is 34.0. The molecule has 30 heavy (non-hydrogen) atoms. The molecule has 5 nitrogen and oxygen atoms in total. The fourth-order valence-corrected chi connectivity index (χ4v) is 3.90. The number of carbonyl (C=O) groups is 2. The van der Waals surface area contributed by atoms with Gasteiger partial charge in [-0.15, -0.1) is 0 Å². The molecule has 154 valence electrons. The van der Waals surface area contributed by atoms with Crippen molar-refractivity contribution in [2.75, 3.05) is 4.90 Å². The molecule has 0 spiro atoms. The van der Waals surface area contributed by atoms with Gasteiger partial charge in [-0.3, -0.25) is 9.78 Å². The van der Waals surface area contributed by atoms with E-state index in [-0.39, 0.29) is 17.4 Å². The molecule has 1 aliphatic heterocycles. The maximum atomic E-state index is 13.4. The largest absolute Gasteiger partial charge is 0.332 e. The van der Waals surface area contributed by atoms with Crippen LogP contribution >= 0.6 is 0 Å². The highest BCUT2D eigenvalue weighted by atomic mass is 16.2. The van der Waals surface area contributed by atoms with Crippen LogP contribution in [0.2, 0.25) is 0 Å². The zero-order valence-electron chi connectivity index (χ0n) is 18.1. The zero-order chi connectivity index (χ0) is 21.7. The number of pyridine rings is 1. The fourth-order valence-electron chi connectivity index (χ4n) is 3.90. The Bertz CT molecular complexity index is 1120. The molecule has 0 radical (unpaired) electrons. The van der Waals surface area contributed by atoms with Gasteiger partial charge in [0.25, 0.3) is 5.91 Å². The van der Waals surface area contributed by atoms with Crippen molar-refractivity contribution in [3.05, 3.63) is 71.9 Å². The van der Waals surface area contributed by atoms with E-state index in [9.17, 15) is 9.59 Å². The molecule has 2 heterocycles. The number of benzene rings is 2. The van der Waals surface area contributed by atoms with Crippen LogP contribution in [0, 0.1) is 0 Å². The number of rotatable bonds is 3. The Kier molecular flexibility index (Phi) is 4.64. The van der Waals surface area contributed by atoms with Crippen molar-refractivity contribution in [1.29, 1.82) is 0 Å². The summed E-state index contributed by atoms with van der Waals surface area (Å²) in [6.45, 7) is 10.4. The number of nitrogens with zero attached hydrogens (tertiary/aromatic N) is 3. The molecular formula is C25H27N3O2. The number of hydrogen-bond donors (Lipinski definition) is 0. The normalized spacial score (nSPS) is 16.6. The molecule has 1 saturated heterocycles. The number of amides is 3. The Morgan fingerprint density at radius 2 is 1.60 bits per heavy atom. The predicted molar refractivity (Wildman–Crippen MR) is 119 cm³/mol. The van der Waals surface area contributed by atoms with Gasteiger partial charge >= 0.3 is 6.03 Å². The van der Waals surface area contributed by atoms with Crippen LogP contribution in [-0.4, -0.2) is 27.4 Å². The molecular weight excluding hydrogens is 374 g/mol. The van der Waals surface area contributed by atoms with Crippen molar-refractivity contribution in [3.63, 3.8) is 0 Å². The van der Waals surface area contributed by atoms with E-state index in [1.54, 1.807) is 24.9 Å². The SMILES string of the molecule is CC(C)(C)c1ccc(N2C(=O)N(Cc3ccnc4ccccc34)C(C)(C)C2=O)cc1. The third kappa shape index (κ3) is 3.24. The number of fused-ring (bicyclic) bond motifs is 1. The number of hydrogen-bond acceptors (Lipinski definition) is 3. The summed E-state index contributed by atoms with van der Waals surface area (Å²) in [5, 5.41) is 0.990. The highest BCUT2D eigenvalue weighted by Gasteiger charge is 2.51. The molecule has 5 heteroatoms. The Labute approximate surface area is 177 Å². The van der Waals surface area contributed by atoms with Crippen molar-refractivity contribution >= 4 is 28.5 Å². The molecule has 4 rings (SSSR count). The molecule has 1 fully saturated rings. The van der Waals surface area contributed by atoms with E-state index in [4.69, 9.17) is 0 Å². The molecule has 1 aliphatic rings. The van der Waals surface area contributed by atoms with E-state index in [0.717, 1.165) is 22.0 Å². The van der Waals surface area contributed by atoms with Gasteiger partial charge in [0.1, 0.15) is 5.54 Å². The van der Waals surface area contributed by atoms with E-state index in [0.29, 0.717) is 12.2 Å². The number of urea groups is 1. The lowest BCUT2D eigenvalue weighted by molar-refractivity contribution is -0.123. The van der Waals surface area contributed by atoms with Crippen molar-refractivity contribution in [3.8, 4) is 0 Å². The maximum Gasteiger partial charge on any atom is 0.332 e. The third-order valence-electron chi connectivity index (χ3n) is 5.88. The summed E-state index contributed by atoms with van der Waals surface area (Å²) in [5.74, 6) is -0.214. The molecule has 0 N–H and O–H groups in total. The molecule has 0 aliphatic carbocycles. The quantitative estimate of drug-likeness (QED) is 0.561. The van der Waals surface area contributed by atoms with Gasteiger partial charge in [-0.2, -0.15) is 0 Å². The average molecular weight is 402 g/mol. The smallest absolute Gasteiger partial charge is 0.305 e. The lowest BCUT2D eigenvalue weighted by Gasteiger charge is -2.28. The van der Waals surface area contributed by atoms with Crippen molar-refractivity contribution in [1.82, 2.24) is 9.88 Å². The first-order chi connectivity index (χ1) is 14.1. The number of aromatic nitrogens is 1. The fraction of sp³-hybridized carbons (Fsp3) is 0.320. The lowest BCUT2D eigenvalue weighted by Crippen LogP contribution is -2.43. The maximum absolute atomic E-state index is 13.4. The molecule has 0 saturated carbocycles. The van der Waals surface area contributed by atoms with Crippen molar-refractivity contribution in [2.24, 2.45) is 0 Å². The highest BCUT2D eigenvalue weighted by molar-refractivity contribution is 6.23. The molecule has 0 bridgehead atoms. The van der Waals surface area contributed by atoms with Gasteiger partial charge in [0, 0.05) is 18.1 Å². The monoisotopic (exact) mass is 401 g/mol. The third-order valence-corrected chi connectivity index (χ3v) is 5.88. The number of carbonyl (C=O) groups excluding carboxylic acids is 2. The van der Waals surface area contributed by atoms with Gasteiger partial charge in [-0.25, -0.2) is 9.69 Å². The lowest BCUT2D eigenvalue weighted by atomic mass is 9.87.